The number of hydrogen-bond acceptors (Lipinski definition) is 4. The van der Waals surface area contributed by atoms with E-state index in [0.717, 1.165) is 6.92 Å². The Labute approximate surface area is 173 Å². The molecule has 30 heavy (non-hydrogen) atoms. The molecule has 0 saturated heterocycles. The highest BCUT2D eigenvalue weighted by atomic mass is 19.4. The van der Waals surface area contributed by atoms with E-state index < -0.39 is 29.7 Å². The van der Waals surface area contributed by atoms with Crippen LogP contribution in [0.2, 0.25) is 0 Å². The molecule has 3 rings (SSSR count). The van der Waals surface area contributed by atoms with Crippen molar-refractivity contribution in [1.82, 2.24) is 4.90 Å². The second-order valence-corrected chi connectivity index (χ2v) is 7.23. The molecule has 0 spiro atoms. The van der Waals surface area contributed by atoms with E-state index in [9.17, 15) is 18.0 Å². The van der Waals surface area contributed by atoms with Crippen LogP contribution in [0.5, 0.6) is 0 Å². The highest BCUT2D eigenvalue weighted by molar-refractivity contribution is 6.97. The Morgan fingerprint density at radius 1 is 1.00 bits per heavy atom. The molecule has 0 amide bonds. The van der Waals surface area contributed by atoms with Gasteiger partial charge in [0.15, 0.2) is 5.78 Å². The molecule has 0 aliphatic carbocycles. The van der Waals surface area contributed by atoms with Crippen molar-refractivity contribution in [3.8, 4) is 0 Å². The Balaban J connectivity index is 2.37. The maximum Gasteiger partial charge on any atom is 0.430 e. The molecule has 1 aliphatic rings. The smallest absolute Gasteiger partial charge is 0.430 e. The Morgan fingerprint density at radius 2 is 1.50 bits per heavy atom. The summed E-state index contributed by atoms with van der Waals surface area (Å²) in [5.74, 6) is -0.929. The van der Waals surface area contributed by atoms with Crippen molar-refractivity contribution >= 4 is 28.9 Å². The second kappa shape index (κ2) is 8.22. The third-order valence-corrected chi connectivity index (χ3v) is 4.74. The van der Waals surface area contributed by atoms with Gasteiger partial charge in [0.25, 0.3) is 0 Å². The van der Waals surface area contributed by atoms with E-state index in [2.05, 4.69) is 4.90 Å². The molecule has 0 aromatic heterocycles. The molecule has 0 saturated carbocycles. The third-order valence-electron chi connectivity index (χ3n) is 4.74. The maximum atomic E-state index is 14.1. The van der Waals surface area contributed by atoms with Gasteiger partial charge in [0.1, 0.15) is 5.71 Å². The van der Waals surface area contributed by atoms with Gasteiger partial charge in [0.2, 0.25) is 0 Å². The van der Waals surface area contributed by atoms with Crippen LogP contribution in [0.25, 0.3) is 0 Å². The van der Waals surface area contributed by atoms with Crippen LogP contribution in [0.15, 0.2) is 89.2 Å². The van der Waals surface area contributed by atoms with Crippen LogP contribution in [-0.4, -0.2) is 43.2 Å². The molecule has 1 heterocycles. The molecule has 0 atom stereocenters. The van der Waals surface area contributed by atoms with Crippen molar-refractivity contribution < 1.29 is 22.6 Å². The molecule has 4 nitrogen and oxygen atoms in total. The van der Waals surface area contributed by atoms with Crippen LogP contribution < -0.4 is 10.9 Å². The summed E-state index contributed by atoms with van der Waals surface area (Å²) in [6.45, 7) is -1.59. The topological polar surface area (TPSA) is 41.9 Å². The number of benzene rings is 2. The average molecular weight is 413 g/mol. The first kappa shape index (κ1) is 21.4. The van der Waals surface area contributed by atoms with Gasteiger partial charge in [-0.1, -0.05) is 60.7 Å². The van der Waals surface area contributed by atoms with Gasteiger partial charge in [0.05, 0.1) is 11.3 Å². The van der Waals surface area contributed by atoms with Gasteiger partial charge in [-0.05, 0) is 13.0 Å². The molecule has 1 aliphatic heterocycles. The maximum absolute atomic E-state index is 14.1. The van der Waals surface area contributed by atoms with Crippen LogP contribution in [0.4, 0.5) is 13.2 Å². The number of halogens is 3. The first-order chi connectivity index (χ1) is 14.1. The van der Waals surface area contributed by atoms with Crippen LogP contribution in [-0.2, 0) is 9.45 Å². The summed E-state index contributed by atoms with van der Waals surface area (Å²) in [5.41, 5.74) is -0.857. The van der Waals surface area contributed by atoms with Crippen LogP contribution >= 0.6 is 0 Å². The molecule has 0 radical (unpaired) electrons. The molecule has 8 heteroatoms. The molecule has 156 valence electrons. The van der Waals surface area contributed by atoms with Crippen LogP contribution in [0.3, 0.4) is 0 Å². The van der Waals surface area contributed by atoms with Gasteiger partial charge in [-0.2, -0.15) is 13.2 Å². The van der Waals surface area contributed by atoms with E-state index in [1.54, 1.807) is 79.7 Å². The minimum Gasteiger partial charge on any atom is -0.689 e. The van der Waals surface area contributed by atoms with Gasteiger partial charge >= 0.3 is 12.7 Å². The predicted molar refractivity (Wildman–Crippen MR) is 113 cm³/mol. The lowest BCUT2D eigenvalue weighted by Gasteiger charge is -2.45. The van der Waals surface area contributed by atoms with Gasteiger partial charge < -0.3 is 14.5 Å². The zero-order valence-corrected chi connectivity index (χ0v) is 16.9. The van der Waals surface area contributed by atoms with E-state index in [1.165, 1.54) is 12.3 Å². The SMILES string of the molecule is CC(=O)C1=C(/C=C/N(C)C)O[B-](c2ccccc2)(c2ccccc2)N=C1C(F)(F)F. The molecular weight excluding hydrogens is 392 g/mol. The van der Waals surface area contributed by atoms with E-state index >= 15 is 0 Å². The lowest BCUT2D eigenvalue weighted by atomic mass is 9.41. The highest BCUT2D eigenvalue weighted by Gasteiger charge is 2.46. The zero-order chi connectivity index (χ0) is 21.9. The zero-order valence-electron chi connectivity index (χ0n) is 16.9. The van der Waals surface area contributed by atoms with Gasteiger partial charge in [-0.25, -0.2) is 0 Å². The summed E-state index contributed by atoms with van der Waals surface area (Å²) in [6, 6.07) is 17.1. The summed E-state index contributed by atoms with van der Waals surface area (Å²) in [4.78, 5) is 18.0. The van der Waals surface area contributed by atoms with Crippen molar-refractivity contribution in [1.29, 1.82) is 0 Å². The number of Topliss-reactive ketones (excluding diaryl/α,β-unsaturated/α-hetero) is 1. The number of alkyl halides is 3. The quantitative estimate of drug-likeness (QED) is 0.708. The summed E-state index contributed by atoms with van der Waals surface area (Å²) in [7, 11) is 3.44. The molecule has 0 unspecified atom stereocenters. The first-order valence-electron chi connectivity index (χ1n) is 9.37. The Hall–Kier alpha value is -3.29. The fourth-order valence-electron chi connectivity index (χ4n) is 3.43. The number of hydrogen-bond donors (Lipinski definition) is 0. The van der Waals surface area contributed by atoms with E-state index in [-0.39, 0.29) is 5.76 Å². The van der Waals surface area contributed by atoms with Crippen molar-refractivity contribution in [2.24, 2.45) is 4.90 Å². The summed E-state index contributed by atoms with van der Waals surface area (Å²) in [5, 5.41) is 0. The summed E-state index contributed by atoms with van der Waals surface area (Å²) in [6.07, 6.45) is -1.92. The minimum atomic E-state index is -4.83. The molecule has 2 aromatic rings. The first-order valence-corrected chi connectivity index (χ1v) is 9.37. The number of carbonyl (C=O) groups excluding carboxylic acids is 1. The fraction of sp³-hybridized carbons (Fsp3) is 0.182. The van der Waals surface area contributed by atoms with E-state index in [1.807, 2.05) is 0 Å². The predicted octanol–water partition coefficient (Wildman–Crippen LogP) is 3.19. The monoisotopic (exact) mass is 413 g/mol. The molecule has 0 bridgehead atoms. The minimum absolute atomic E-state index is 0.161. The normalized spacial score (nSPS) is 16.3. The average Bonchev–Trinajstić information content (AvgIpc) is 2.72. The van der Waals surface area contributed by atoms with Crippen molar-refractivity contribution in [2.75, 3.05) is 14.1 Å². The van der Waals surface area contributed by atoms with Crippen molar-refractivity contribution in [2.45, 2.75) is 13.1 Å². The second-order valence-electron chi connectivity index (χ2n) is 7.23. The molecule has 0 fully saturated rings. The van der Waals surface area contributed by atoms with Gasteiger partial charge in [0, 0.05) is 20.3 Å². The number of rotatable bonds is 5. The number of ketones is 1. The Morgan fingerprint density at radius 3 is 1.90 bits per heavy atom. The molecule has 0 N–H and O–H groups in total. The van der Waals surface area contributed by atoms with Crippen LogP contribution in [0, 0.1) is 0 Å². The highest BCUT2D eigenvalue weighted by Crippen LogP contribution is 2.32. The van der Waals surface area contributed by atoms with E-state index in [4.69, 9.17) is 4.65 Å². The number of nitrogens with zero attached hydrogens (tertiary/aromatic N) is 2. The lowest BCUT2D eigenvalue weighted by Crippen LogP contribution is -2.62. The van der Waals surface area contributed by atoms with Crippen LogP contribution in [0.1, 0.15) is 6.92 Å². The number of allylic oxidation sites excluding steroid dienone is 2. The Bertz CT molecular complexity index is 974. The summed E-state index contributed by atoms with van der Waals surface area (Å²) < 4.78 is 48.5. The van der Waals surface area contributed by atoms with Crippen molar-refractivity contribution in [3.63, 3.8) is 0 Å². The third kappa shape index (κ3) is 4.17. The van der Waals surface area contributed by atoms with Gasteiger partial charge in [-0.15, -0.1) is 10.9 Å². The molecule has 2 aromatic carbocycles. The fourth-order valence-corrected chi connectivity index (χ4v) is 3.43. The lowest BCUT2D eigenvalue weighted by molar-refractivity contribution is -0.114. The largest absolute Gasteiger partial charge is 0.689 e. The van der Waals surface area contributed by atoms with Gasteiger partial charge in [-0.3, -0.25) is 4.79 Å². The summed E-state index contributed by atoms with van der Waals surface area (Å²) >= 11 is 0. The Kier molecular flexibility index (Phi) is 5.87. The standard InChI is InChI=1S/C22H21BF3N2O2/c1-16(29)20-19(14-15-28(2)3)30-23(17-10-6-4-7-11-17,18-12-8-5-9-13-18)27-21(20)22(24,25)26/h4-15H,1-3H3/q-1/b15-14+. The molecular formula is C22H21BF3N2O2-. The van der Waals surface area contributed by atoms with E-state index in [0.29, 0.717) is 10.9 Å². The van der Waals surface area contributed by atoms with Crippen molar-refractivity contribution in [3.05, 3.63) is 84.3 Å². The number of carbonyl (C=O) groups is 1.